The van der Waals surface area contributed by atoms with Gasteiger partial charge < -0.3 is 24.6 Å². The quantitative estimate of drug-likeness (QED) is 0.488. The van der Waals surface area contributed by atoms with Crippen molar-refractivity contribution < 1.29 is 19.3 Å². The topological polar surface area (TPSA) is 76.1 Å². The van der Waals surface area contributed by atoms with E-state index in [-0.39, 0.29) is 12.8 Å². The average molecular weight is 490 g/mol. The van der Waals surface area contributed by atoms with Crippen LogP contribution in [0.1, 0.15) is 35.5 Å². The van der Waals surface area contributed by atoms with E-state index in [1.54, 1.807) is 13.3 Å². The zero-order valence-corrected chi connectivity index (χ0v) is 20.7. The SMILES string of the molecule is CCOc1ccccc1N1C2=C(Cc3c(CO)cnc(C)c3O2)C(=S)NC1c1ccc(OC)cc1. The van der Waals surface area contributed by atoms with Crippen LogP contribution in [0, 0.1) is 6.92 Å². The van der Waals surface area contributed by atoms with Crippen LogP contribution >= 0.6 is 12.2 Å². The Morgan fingerprint density at radius 1 is 1.20 bits per heavy atom. The Bertz CT molecular complexity index is 1310. The van der Waals surface area contributed by atoms with E-state index in [9.17, 15) is 5.11 Å². The molecule has 2 aromatic carbocycles. The van der Waals surface area contributed by atoms with E-state index >= 15 is 0 Å². The molecule has 3 heterocycles. The van der Waals surface area contributed by atoms with E-state index in [0.29, 0.717) is 29.6 Å². The van der Waals surface area contributed by atoms with Gasteiger partial charge in [0.05, 0.1) is 37.3 Å². The van der Waals surface area contributed by atoms with E-state index in [4.69, 9.17) is 26.4 Å². The third-order valence-corrected chi connectivity index (χ3v) is 6.62. The fourth-order valence-corrected chi connectivity index (χ4v) is 4.79. The van der Waals surface area contributed by atoms with Gasteiger partial charge in [-0.05, 0) is 43.7 Å². The summed E-state index contributed by atoms with van der Waals surface area (Å²) in [5.74, 6) is 2.80. The molecule has 0 spiro atoms. The van der Waals surface area contributed by atoms with E-state index in [1.165, 1.54) is 0 Å². The van der Waals surface area contributed by atoms with Crippen LogP contribution in [0.25, 0.3) is 0 Å². The number of aryl methyl sites for hydroxylation is 1. The first kappa shape index (κ1) is 23.1. The molecule has 180 valence electrons. The summed E-state index contributed by atoms with van der Waals surface area (Å²) in [6, 6.07) is 15.8. The molecule has 0 bridgehead atoms. The highest BCUT2D eigenvalue weighted by molar-refractivity contribution is 7.80. The number of rotatable bonds is 6. The summed E-state index contributed by atoms with van der Waals surface area (Å²) in [6.07, 6.45) is 1.88. The molecule has 35 heavy (non-hydrogen) atoms. The number of aliphatic hydroxyl groups is 1. The summed E-state index contributed by atoms with van der Waals surface area (Å²) >= 11 is 5.85. The van der Waals surface area contributed by atoms with Crippen LogP contribution in [0.4, 0.5) is 5.69 Å². The van der Waals surface area contributed by atoms with Crippen molar-refractivity contribution in [1.82, 2.24) is 10.3 Å². The number of nitrogens with one attached hydrogen (secondary N) is 1. The number of methoxy groups -OCH3 is 1. The van der Waals surface area contributed by atoms with E-state index in [0.717, 1.165) is 45.1 Å². The third-order valence-electron chi connectivity index (χ3n) is 6.26. The van der Waals surface area contributed by atoms with Gasteiger partial charge in [-0.2, -0.15) is 0 Å². The highest BCUT2D eigenvalue weighted by Crippen LogP contribution is 2.44. The first-order chi connectivity index (χ1) is 17.0. The number of hydrogen-bond acceptors (Lipinski definition) is 7. The molecule has 2 N–H and O–H groups in total. The zero-order valence-electron chi connectivity index (χ0n) is 19.9. The fourth-order valence-electron chi connectivity index (χ4n) is 4.52. The first-order valence-corrected chi connectivity index (χ1v) is 11.9. The standard InChI is InChI=1S/C27H27N3O4S/c1-4-33-23-8-6-5-7-22(23)30-25(17-9-11-19(32-3)12-10-17)29-26(35)21-13-20-18(15-31)14-28-16(2)24(20)34-27(21)30/h5-12,14,25,31H,4,13,15H2,1-3H3,(H,29,35). The lowest BCUT2D eigenvalue weighted by molar-refractivity contribution is 0.277. The van der Waals surface area contributed by atoms with Crippen molar-refractivity contribution in [3.63, 3.8) is 0 Å². The second kappa shape index (κ2) is 9.56. The van der Waals surface area contributed by atoms with E-state index < -0.39 is 0 Å². The molecule has 1 unspecified atom stereocenters. The van der Waals surface area contributed by atoms with Crippen LogP contribution < -0.4 is 24.4 Å². The number of pyridine rings is 1. The molecule has 0 saturated heterocycles. The number of hydrogen-bond donors (Lipinski definition) is 2. The predicted octanol–water partition coefficient (Wildman–Crippen LogP) is 4.57. The van der Waals surface area contributed by atoms with E-state index in [2.05, 4.69) is 15.2 Å². The molecular weight excluding hydrogens is 462 g/mol. The maximum absolute atomic E-state index is 9.91. The molecule has 2 aliphatic rings. The number of para-hydroxylation sites is 2. The molecule has 0 aliphatic carbocycles. The maximum atomic E-state index is 9.91. The minimum Gasteiger partial charge on any atom is -0.497 e. The van der Waals surface area contributed by atoms with Crippen molar-refractivity contribution in [2.24, 2.45) is 0 Å². The number of nitrogens with zero attached hydrogens (tertiary/aromatic N) is 2. The lowest BCUT2D eigenvalue weighted by Gasteiger charge is -2.43. The largest absolute Gasteiger partial charge is 0.497 e. The van der Waals surface area contributed by atoms with Gasteiger partial charge in [0.1, 0.15) is 22.7 Å². The van der Waals surface area contributed by atoms with E-state index in [1.807, 2.05) is 62.4 Å². The van der Waals surface area contributed by atoms with Crippen LogP contribution in [0.5, 0.6) is 17.2 Å². The van der Waals surface area contributed by atoms with Crippen molar-refractivity contribution >= 4 is 22.9 Å². The van der Waals surface area contributed by atoms with Gasteiger partial charge in [0.25, 0.3) is 0 Å². The summed E-state index contributed by atoms with van der Waals surface area (Å²) in [4.78, 5) is 7.14. The Hall–Kier alpha value is -3.62. The highest BCUT2D eigenvalue weighted by Gasteiger charge is 2.39. The molecule has 5 rings (SSSR count). The predicted molar refractivity (Wildman–Crippen MR) is 138 cm³/mol. The van der Waals surface area contributed by atoms with Crippen molar-refractivity contribution in [2.75, 3.05) is 18.6 Å². The summed E-state index contributed by atoms with van der Waals surface area (Å²) in [6.45, 7) is 4.28. The van der Waals surface area contributed by atoms with Crippen molar-refractivity contribution in [1.29, 1.82) is 0 Å². The number of thiocarbonyl (C=S) groups is 1. The van der Waals surface area contributed by atoms with Gasteiger partial charge in [-0.3, -0.25) is 9.88 Å². The van der Waals surface area contributed by atoms with Gasteiger partial charge in [-0.15, -0.1) is 0 Å². The Labute approximate surface area is 210 Å². The zero-order chi connectivity index (χ0) is 24.5. The Morgan fingerprint density at radius 2 is 1.97 bits per heavy atom. The van der Waals surface area contributed by atoms with Crippen LogP contribution in [0.3, 0.4) is 0 Å². The molecule has 1 atom stereocenters. The molecule has 8 heteroatoms. The van der Waals surface area contributed by atoms with Crippen molar-refractivity contribution in [3.8, 4) is 17.2 Å². The maximum Gasteiger partial charge on any atom is 0.209 e. The van der Waals surface area contributed by atoms with Gasteiger partial charge in [-0.25, -0.2) is 0 Å². The first-order valence-electron chi connectivity index (χ1n) is 11.5. The molecular formula is C27H27N3O4S. The molecule has 0 radical (unpaired) electrons. The monoisotopic (exact) mass is 489 g/mol. The Kier molecular flexibility index (Phi) is 6.32. The average Bonchev–Trinajstić information content (AvgIpc) is 2.89. The van der Waals surface area contributed by atoms with Gasteiger partial charge in [0.2, 0.25) is 5.88 Å². The second-order valence-corrected chi connectivity index (χ2v) is 8.73. The molecule has 1 aromatic heterocycles. The van der Waals surface area contributed by atoms with Crippen LogP contribution in [-0.2, 0) is 13.0 Å². The number of fused-ring (bicyclic) bond motifs is 1. The van der Waals surface area contributed by atoms with Gasteiger partial charge in [0, 0.05) is 23.7 Å². The van der Waals surface area contributed by atoms with Crippen molar-refractivity contribution in [3.05, 3.63) is 88.6 Å². The number of aliphatic hydroxyl groups excluding tert-OH is 1. The van der Waals surface area contributed by atoms with Crippen LogP contribution in [0.2, 0.25) is 0 Å². The fraction of sp³-hybridized carbons (Fsp3) is 0.259. The molecule has 0 amide bonds. The minimum atomic E-state index is -0.343. The van der Waals surface area contributed by atoms with Gasteiger partial charge >= 0.3 is 0 Å². The molecule has 3 aromatic rings. The Balaban J connectivity index is 1.69. The van der Waals surface area contributed by atoms with Gasteiger partial charge in [-0.1, -0.05) is 36.5 Å². The Morgan fingerprint density at radius 3 is 2.69 bits per heavy atom. The molecule has 0 fully saturated rings. The summed E-state index contributed by atoms with van der Waals surface area (Å²) in [5, 5.41) is 13.4. The minimum absolute atomic E-state index is 0.118. The lowest BCUT2D eigenvalue weighted by atomic mass is 9.95. The molecule has 0 saturated carbocycles. The summed E-state index contributed by atoms with van der Waals surface area (Å²) in [7, 11) is 1.65. The summed E-state index contributed by atoms with van der Waals surface area (Å²) in [5.41, 5.74) is 5.09. The normalized spacial score (nSPS) is 16.7. The highest BCUT2D eigenvalue weighted by atomic mass is 32.1. The van der Waals surface area contributed by atoms with Crippen molar-refractivity contribution in [2.45, 2.75) is 33.0 Å². The van der Waals surface area contributed by atoms with Gasteiger partial charge in [0.15, 0.2) is 5.75 Å². The summed E-state index contributed by atoms with van der Waals surface area (Å²) < 4.78 is 18.0. The number of aromatic nitrogens is 1. The number of benzene rings is 2. The second-order valence-electron chi connectivity index (χ2n) is 8.32. The smallest absolute Gasteiger partial charge is 0.209 e. The third kappa shape index (κ3) is 4.09. The number of anilines is 1. The van der Waals surface area contributed by atoms with Crippen LogP contribution in [0.15, 0.2) is 66.2 Å². The number of ether oxygens (including phenoxy) is 3. The van der Waals surface area contributed by atoms with Crippen LogP contribution in [-0.4, -0.2) is 28.8 Å². The molecule has 2 aliphatic heterocycles. The lowest BCUT2D eigenvalue weighted by Crippen LogP contribution is -2.49. The molecule has 7 nitrogen and oxygen atoms in total.